The second-order valence-corrected chi connectivity index (χ2v) is 10.2. The third-order valence-corrected chi connectivity index (χ3v) is 6.61. The Labute approximate surface area is 207 Å². The van der Waals surface area contributed by atoms with Crippen LogP contribution in [0.2, 0.25) is 0 Å². The van der Waals surface area contributed by atoms with Gasteiger partial charge in [0.25, 0.3) is 11.8 Å². The Morgan fingerprint density at radius 1 is 1.03 bits per heavy atom. The summed E-state index contributed by atoms with van der Waals surface area (Å²) < 4.78 is 0. The van der Waals surface area contributed by atoms with Gasteiger partial charge in [-0.15, -0.1) is 12.6 Å². The van der Waals surface area contributed by atoms with E-state index in [2.05, 4.69) is 49.4 Å². The SMILES string of the molecule is CC(C)C[C@H](NC(=O)c1ccc2ccccc2c1)C(=O)NN1CC[C@H](Cc2cccc(S)c2)C1. The summed E-state index contributed by atoms with van der Waals surface area (Å²) in [7, 11) is 0. The number of amides is 2. The lowest BCUT2D eigenvalue weighted by molar-refractivity contribution is -0.127. The number of carbonyl (C=O) groups excluding carboxylic acids is 2. The zero-order valence-corrected chi connectivity index (χ0v) is 20.7. The fourth-order valence-electron chi connectivity index (χ4n) is 4.63. The molecule has 5 nitrogen and oxygen atoms in total. The van der Waals surface area contributed by atoms with E-state index in [0.29, 0.717) is 17.9 Å². The minimum Gasteiger partial charge on any atom is -0.340 e. The molecule has 3 aromatic rings. The fraction of sp³-hybridized carbons (Fsp3) is 0.357. The van der Waals surface area contributed by atoms with Crippen LogP contribution in [0.1, 0.15) is 42.6 Å². The van der Waals surface area contributed by atoms with E-state index in [9.17, 15) is 9.59 Å². The Bertz CT molecular complexity index is 1160. The van der Waals surface area contributed by atoms with Crippen molar-refractivity contribution >= 4 is 35.2 Å². The molecule has 1 saturated heterocycles. The normalized spacial score (nSPS) is 17.1. The van der Waals surface area contributed by atoms with Crippen molar-refractivity contribution in [2.45, 2.75) is 44.0 Å². The molecule has 0 radical (unpaired) electrons. The van der Waals surface area contributed by atoms with Crippen molar-refractivity contribution in [3.63, 3.8) is 0 Å². The lowest BCUT2D eigenvalue weighted by Gasteiger charge is -2.24. The molecular formula is C28H33N3O2S. The molecule has 0 bridgehead atoms. The number of nitrogens with one attached hydrogen (secondary N) is 2. The molecule has 1 fully saturated rings. The van der Waals surface area contributed by atoms with E-state index in [-0.39, 0.29) is 17.7 Å². The maximum Gasteiger partial charge on any atom is 0.256 e. The minimum atomic E-state index is -0.584. The number of hydrogen-bond donors (Lipinski definition) is 3. The first kappa shape index (κ1) is 24.3. The minimum absolute atomic E-state index is 0.152. The molecule has 178 valence electrons. The van der Waals surface area contributed by atoms with Crippen LogP contribution in [0.15, 0.2) is 71.6 Å². The van der Waals surface area contributed by atoms with Crippen LogP contribution in [0, 0.1) is 11.8 Å². The zero-order chi connectivity index (χ0) is 24.1. The van der Waals surface area contributed by atoms with Crippen LogP contribution in [0.25, 0.3) is 10.8 Å². The van der Waals surface area contributed by atoms with Gasteiger partial charge in [0.15, 0.2) is 0 Å². The van der Waals surface area contributed by atoms with E-state index >= 15 is 0 Å². The fourth-order valence-corrected chi connectivity index (χ4v) is 4.88. The molecule has 1 aliphatic heterocycles. The average Bonchev–Trinajstić information content (AvgIpc) is 3.24. The van der Waals surface area contributed by atoms with Crippen molar-refractivity contribution in [3.05, 3.63) is 77.9 Å². The largest absolute Gasteiger partial charge is 0.340 e. The Morgan fingerprint density at radius 3 is 2.59 bits per heavy atom. The quantitative estimate of drug-likeness (QED) is 0.408. The molecule has 0 saturated carbocycles. The van der Waals surface area contributed by atoms with E-state index in [4.69, 9.17) is 0 Å². The van der Waals surface area contributed by atoms with E-state index in [1.165, 1.54) is 5.56 Å². The van der Waals surface area contributed by atoms with Crippen molar-refractivity contribution < 1.29 is 9.59 Å². The first-order chi connectivity index (χ1) is 16.4. The second-order valence-electron chi connectivity index (χ2n) is 9.67. The third kappa shape index (κ3) is 6.39. The molecule has 6 heteroatoms. The van der Waals surface area contributed by atoms with Gasteiger partial charge in [0, 0.05) is 23.5 Å². The summed E-state index contributed by atoms with van der Waals surface area (Å²) in [5.41, 5.74) is 4.89. The summed E-state index contributed by atoms with van der Waals surface area (Å²) in [4.78, 5) is 27.1. The van der Waals surface area contributed by atoms with Crippen LogP contribution in [0.3, 0.4) is 0 Å². The molecule has 2 amide bonds. The van der Waals surface area contributed by atoms with Gasteiger partial charge < -0.3 is 5.32 Å². The zero-order valence-electron chi connectivity index (χ0n) is 19.8. The molecule has 2 N–H and O–H groups in total. The van der Waals surface area contributed by atoms with Crippen LogP contribution in [-0.4, -0.2) is 36.0 Å². The predicted octanol–water partition coefficient (Wildman–Crippen LogP) is 4.87. The van der Waals surface area contributed by atoms with Crippen LogP contribution in [0.5, 0.6) is 0 Å². The highest BCUT2D eigenvalue weighted by Gasteiger charge is 2.28. The van der Waals surface area contributed by atoms with Crippen LogP contribution in [-0.2, 0) is 11.2 Å². The molecule has 0 spiro atoms. The van der Waals surface area contributed by atoms with Gasteiger partial charge in [-0.1, -0.05) is 56.3 Å². The first-order valence-corrected chi connectivity index (χ1v) is 12.4. The van der Waals surface area contributed by atoms with Crippen LogP contribution >= 0.6 is 12.6 Å². The Hall–Kier alpha value is -2.83. The van der Waals surface area contributed by atoms with Gasteiger partial charge >= 0.3 is 0 Å². The monoisotopic (exact) mass is 475 g/mol. The molecule has 3 aromatic carbocycles. The van der Waals surface area contributed by atoms with E-state index in [0.717, 1.165) is 41.6 Å². The molecule has 1 aliphatic rings. The number of thiol groups is 1. The molecule has 0 aromatic heterocycles. The van der Waals surface area contributed by atoms with Gasteiger partial charge in [0.05, 0.1) is 0 Å². The van der Waals surface area contributed by atoms with Crippen LogP contribution < -0.4 is 10.7 Å². The standard InChI is InChI=1S/C28H33N3O2S/c1-19(2)14-26(29-27(32)24-11-10-22-7-3-4-8-23(22)17-24)28(33)30-31-13-12-21(18-31)15-20-6-5-9-25(34)16-20/h3-11,16-17,19,21,26,34H,12-15,18H2,1-2H3,(H,29,32)(H,30,33)/t21-,26+/m1/s1. The molecule has 2 atom stereocenters. The number of nitrogens with zero attached hydrogens (tertiary/aromatic N) is 1. The number of fused-ring (bicyclic) bond motifs is 1. The van der Waals surface area contributed by atoms with Crippen molar-refractivity contribution in [1.29, 1.82) is 0 Å². The Balaban J connectivity index is 1.36. The van der Waals surface area contributed by atoms with Gasteiger partial charge in [0.2, 0.25) is 0 Å². The topological polar surface area (TPSA) is 61.4 Å². The third-order valence-electron chi connectivity index (χ3n) is 6.33. The number of rotatable bonds is 8. The van der Waals surface area contributed by atoms with Gasteiger partial charge in [-0.05, 0) is 71.7 Å². The summed E-state index contributed by atoms with van der Waals surface area (Å²) in [6.07, 6.45) is 2.57. The van der Waals surface area contributed by atoms with Gasteiger partial charge in [-0.25, -0.2) is 5.01 Å². The second kappa shape index (κ2) is 11.1. The predicted molar refractivity (Wildman–Crippen MR) is 140 cm³/mol. The molecular weight excluding hydrogens is 442 g/mol. The van der Waals surface area contributed by atoms with E-state index in [1.807, 2.05) is 59.6 Å². The molecule has 0 unspecified atom stereocenters. The highest BCUT2D eigenvalue weighted by Crippen LogP contribution is 2.21. The lowest BCUT2D eigenvalue weighted by atomic mass is 9.99. The summed E-state index contributed by atoms with van der Waals surface area (Å²) in [6.45, 7) is 5.73. The smallest absolute Gasteiger partial charge is 0.256 e. The van der Waals surface area contributed by atoms with E-state index in [1.54, 1.807) is 0 Å². The van der Waals surface area contributed by atoms with Crippen molar-refractivity contribution in [1.82, 2.24) is 15.8 Å². The summed E-state index contributed by atoms with van der Waals surface area (Å²) >= 11 is 4.43. The summed E-state index contributed by atoms with van der Waals surface area (Å²) in [6, 6.07) is 21.2. The van der Waals surface area contributed by atoms with Crippen molar-refractivity contribution in [2.24, 2.45) is 11.8 Å². The summed E-state index contributed by atoms with van der Waals surface area (Å²) in [5.74, 6) is 0.372. The maximum atomic E-state index is 13.1. The van der Waals surface area contributed by atoms with Crippen molar-refractivity contribution in [2.75, 3.05) is 13.1 Å². The number of carbonyl (C=O) groups is 2. The van der Waals surface area contributed by atoms with E-state index < -0.39 is 6.04 Å². The highest BCUT2D eigenvalue weighted by molar-refractivity contribution is 7.80. The number of hydrogen-bond acceptors (Lipinski definition) is 4. The van der Waals surface area contributed by atoms with Gasteiger partial charge in [-0.2, -0.15) is 0 Å². The molecule has 4 rings (SSSR count). The average molecular weight is 476 g/mol. The summed E-state index contributed by atoms with van der Waals surface area (Å²) in [5, 5.41) is 7.06. The molecule has 34 heavy (non-hydrogen) atoms. The first-order valence-electron chi connectivity index (χ1n) is 12.0. The van der Waals surface area contributed by atoms with Crippen LogP contribution in [0.4, 0.5) is 0 Å². The van der Waals surface area contributed by atoms with Gasteiger partial charge in [-0.3, -0.25) is 15.0 Å². The molecule has 0 aliphatic carbocycles. The maximum absolute atomic E-state index is 13.1. The highest BCUT2D eigenvalue weighted by atomic mass is 32.1. The number of hydrazine groups is 1. The van der Waals surface area contributed by atoms with Gasteiger partial charge in [0.1, 0.15) is 6.04 Å². The Morgan fingerprint density at radius 2 is 1.82 bits per heavy atom. The molecule has 1 heterocycles. The lowest BCUT2D eigenvalue weighted by Crippen LogP contribution is -2.52. The number of benzene rings is 3. The Kier molecular flexibility index (Phi) is 7.91. The van der Waals surface area contributed by atoms with Crippen molar-refractivity contribution in [3.8, 4) is 0 Å².